The molecule has 1 N–H and O–H groups in total. The highest BCUT2D eigenvalue weighted by Gasteiger charge is 2.13. The SMILES string of the molecule is CCCN(Cc1ccc(CC)cc1)C(=O)NCCc1nncn1C. The Bertz CT molecular complexity index is 635. The first-order valence-corrected chi connectivity index (χ1v) is 8.57. The predicted molar refractivity (Wildman–Crippen MR) is 94.6 cm³/mol. The van der Waals surface area contributed by atoms with Gasteiger partial charge in [-0.2, -0.15) is 0 Å². The van der Waals surface area contributed by atoms with Gasteiger partial charge >= 0.3 is 6.03 Å². The van der Waals surface area contributed by atoms with Crippen molar-refractivity contribution >= 4 is 6.03 Å². The van der Waals surface area contributed by atoms with E-state index in [1.165, 1.54) is 5.56 Å². The summed E-state index contributed by atoms with van der Waals surface area (Å²) in [5.41, 5.74) is 2.47. The van der Waals surface area contributed by atoms with Gasteiger partial charge in [0, 0.05) is 33.1 Å². The van der Waals surface area contributed by atoms with E-state index in [0.717, 1.165) is 30.8 Å². The minimum absolute atomic E-state index is 0.0291. The summed E-state index contributed by atoms with van der Waals surface area (Å²) in [7, 11) is 1.90. The maximum absolute atomic E-state index is 12.4. The normalized spacial score (nSPS) is 10.6. The first kappa shape index (κ1) is 18.0. The lowest BCUT2D eigenvalue weighted by Gasteiger charge is -2.23. The molecule has 6 nitrogen and oxygen atoms in total. The average molecular weight is 329 g/mol. The number of aryl methyl sites for hydroxylation is 2. The Hall–Kier alpha value is -2.37. The summed E-state index contributed by atoms with van der Waals surface area (Å²) >= 11 is 0. The summed E-state index contributed by atoms with van der Waals surface area (Å²) in [4.78, 5) is 14.3. The van der Waals surface area contributed by atoms with E-state index in [1.807, 2.05) is 16.5 Å². The van der Waals surface area contributed by atoms with Gasteiger partial charge in [-0.1, -0.05) is 38.1 Å². The van der Waals surface area contributed by atoms with E-state index in [9.17, 15) is 4.79 Å². The molecule has 6 heteroatoms. The maximum Gasteiger partial charge on any atom is 0.317 e. The molecule has 2 aromatic rings. The largest absolute Gasteiger partial charge is 0.338 e. The monoisotopic (exact) mass is 329 g/mol. The highest BCUT2D eigenvalue weighted by molar-refractivity contribution is 5.74. The standard InChI is InChI=1S/C18H27N5O/c1-4-12-23(13-16-8-6-15(5-2)7-9-16)18(24)19-11-10-17-21-20-14-22(17)3/h6-9,14H,4-5,10-13H2,1-3H3,(H,19,24). The van der Waals surface area contributed by atoms with Crippen LogP contribution in [0, 0.1) is 0 Å². The van der Waals surface area contributed by atoms with Crippen LogP contribution in [-0.2, 0) is 26.4 Å². The van der Waals surface area contributed by atoms with Crippen molar-refractivity contribution in [2.75, 3.05) is 13.1 Å². The molecule has 130 valence electrons. The summed E-state index contributed by atoms with van der Waals surface area (Å²) in [5.74, 6) is 0.868. The molecule has 0 fully saturated rings. The second kappa shape index (κ2) is 9.05. The molecule has 0 atom stereocenters. The van der Waals surface area contributed by atoms with Gasteiger partial charge in [-0.05, 0) is 24.0 Å². The van der Waals surface area contributed by atoms with E-state index in [1.54, 1.807) is 6.33 Å². The third kappa shape index (κ3) is 5.08. The van der Waals surface area contributed by atoms with Crippen LogP contribution in [0.1, 0.15) is 37.2 Å². The Balaban J connectivity index is 1.88. The van der Waals surface area contributed by atoms with Crippen LogP contribution in [0.3, 0.4) is 0 Å². The van der Waals surface area contributed by atoms with Crippen LogP contribution in [0.2, 0.25) is 0 Å². The van der Waals surface area contributed by atoms with Crippen LogP contribution in [0.15, 0.2) is 30.6 Å². The third-order valence-corrected chi connectivity index (χ3v) is 4.02. The number of aromatic nitrogens is 3. The Labute approximate surface area is 143 Å². The van der Waals surface area contributed by atoms with E-state index in [2.05, 4.69) is 53.6 Å². The lowest BCUT2D eigenvalue weighted by Crippen LogP contribution is -2.40. The van der Waals surface area contributed by atoms with Gasteiger partial charge in [0.2, 0.25) is 0 Å². The van der Waals surface area contributed by atoms with Crippen molar-refractivity contribution in [1.29, 1.82) is 0 Å². The van der Waals surface area contributed by atoms with E-state index in [4.69, 9.17) is 0 Å². The van der Waals surface area contributed by atoms with Gasteiger partial charge in [0.1, 0.15) is 12.2 Å². The first-order chi connectivity index (χ1) is 11.6. The summed E-state index contributed by atoms with van der Waals surface area (Å²) in [6.07, 6.45) is 4.30. The van der Waals surface area contributed by atoms with E-state index in [-0.39, 0.29) is 6.03 Å². The Kier molecular flexibility index (Phi) is 6.78. The number of rotatable bonds is 8. The highest BCUT2D eigenvalue weighted by atomic mass is 16.2. The minimum atomic E-state index is -0.0291. The summed E-state index contributed by atoms with van der Waals surface area (Å²) < 4.78 is 1.87. The fourth-order valence-corrected chi connectivity index (χ4v) is 2.55. The number of carbonyl (C=O) groups excluding carboxylic acids is 1. The molecule has 0 radical (unpaired) electrons. The van der Waals surface area contributed by atoms with Crippen LogP contribution in [-0.4, -0.2) is 38.8 Å². The van der Waals surface area contributed by atoms with Crippen molar-refractivity contribution in [3.63, 3.8) is 0 Å². The molecule has 2 amide bonds. The second-order valence-electron chi connectivity index (χ2n) is 5.93. The van der Waals surface area contributed by atoms with E-state index >= 15 is 0 Å². The van der Waals surface area contributed by atoms with Crippen LogP contribution < -0.4 is 5.32 Å². The fourth-order valence-electron chi connectivity index (χ4n) is 2.55. The Morgan fingerprint density at radius 2 is 1.92 bits per heavy atom. The number of hydrogen-bond donors (Lipinski definition) is 1. The number of nitrogens with one attached hydrogen (secondary N) is 1. The van der Waals surface area contributed by atoms with Crippen LogP contribution in [0.25, 0.3) is 0 Å². The highest BCUT2D eigenvalue weighted by Crippen LogP contribution is 2.09. The van der Waals surface area contributed by atoms with Gasteiger partial charge in [-0.3, -0.25) is 0 Å². The van der Waals surface area contributed by atoms with Gasteiger partial charge < -0.3 is 14.8 Å². The molecular weight excluding hydrogens is 302 g/mol. The molecule has 0 saturated heterocycles. The number of benzene rings is 1. The molecule has 0 bridgehead atoms. The molecule has 1 aromatic heterocycles. The number of hydrogen-bond acceptors (Lipinski definition) is 3. The molecule has 0 aliphatic carbocycles. The fraction of sp³-hybridized carbons (Fsp3) is 0.500. The summed E-state index contributed by atoms with van der Waals surface area (Å²) in [6.45, 7) is 6.16. The zero-order valence-corrected chi connectivity index (χ0v) is 14.8. The van der Waals surface area contributed by atoms with Crippen molar-refractivity contribution in [1.82, 2.24) is 25.0 Å². The molecule has 0 aliphatic rings. The molecular formula is C18H27N5O. The lowest BCUT2D eigenvalue weighted by atomic mass is 10.1. The number of amides is 2. The second-order valence-corrected chi connectivity index (χ2v) is 5.93. The van der Waals surface area contributed by atoms with Crippen molar-refractivity contribution < 1.29 is 4.79 Å². The van der Waals surface area contributed by atoms with Gasteiger partial charge in [-0.25, -0.2) is 4.79 Å². The topological polar surface area (TPSA) is 63.1 Å². The maximum atomic E-state index is 12.4. The molecule has 1 heterocycles. The summed E-state index contributed by atoms with van der Waals surface area (Å²) in [6, 6.07) is 8.44. The summed E-state index contributed by atoms with van der Waals surface area (Å²) in [5, 5.41) is 10.9. The van der Waals surface area contributed by atoms with E-state index < -0.39 is 0 Å². The quantitative estimate of drug-likeness (QED) is 0.809. The van der Waals surface area contributed by atoms with Crippen LogP contribution in [0.4, 0.5) is 4.79 Å². The third-order valence-electron chi connectivity index (χ3n) is 4.02. The molecule has 0 aliphatic heterocycles. The molecule has 0 spiro atoms. The van der Waals surface area contributed by atoms with E-state index in [0.29, 0.717) is 19.5 Å². The molecule has 0 unspecified atom stereocenters. The van der Waals surface area contributed by atoms with Crippen molar-refractivity contribution in [2.45, 2.75) is 39.7 Å². The van der Waals surface area contributed by atoms with Gasteiger partial charge in [-0.15, -0.1) is 10.2 Å². The minimum Gasteiger partial charge on any atom is -0.338 e. The van der Waals surface area contributed by atoms with Crippen LogP contribution in [0.5, 0.6) is 0 Å². The number of urea groups is 1. The van der Waals surface area contributed by atoms with Crippen molar-refractivity contribution in [3.05, 3.63) is 47.5 Å². The molecule has 24 heavy (non-hydrogen) atoms. The van der Waals surface area contributed by atoms with Crippen molar-refractivity contribution in [3.8, 4) is 0 Å². The number of carbonyl (C=O) groups is 1. The van der Waals surface area contributed by atoms with Gasteiger partial charge in [0.15, 0.2) is 0 Å². The Morgan fingerprint density at radius 1 is 1.21 bits per heavy atom. The van der Waals surface area contributed by atoms with Gasteiger partial charge in [0.05, 0.1) is 0 Å². The predicted octanol–water partition coefficient (Wildman–Crippen LogP) is 2.54. The first-order valence-electron chi connectivity index (χ1n) is 8.57. The Morgan fingerprint density at radius 3 is 2.50 bits per heavy atom. The zero-order chi connectivity index (χ0) is 17.4. The average Bonchev–Trinajstić information content (AvgIpc) is 3.00. The van der Waals surface area contributed by atoms with Gasteiger partial charge in [0.25, 0.3) is 0 Å². The van der Waals surface area contributed by atoms with Crippen LogP contribution >= 0.6 is 0 Å². The molecule has 1 aromatic carbocycles. The van der Waals surface area contributed by atoms with Crippen molar-refractivity contribution in [2.24, 2.45) is 7.05 Å². The number of nitrogens with zero attached hydrogens (tertiary/aromatic N) is 4. The zero-order valence-electron chi connectivity index (χ0n) is 14.8. The lowest BCUT2D eigenvalue weighted by molar-refractivity contribution is 0.195. The smallest absolute Gasteiger partial charge is 0.317 e. The molecule has 0 saturated carbocycles. The molecule has 2 rings (SSSR count).